The van der Waals surface area contributed by atoms with E-state index in [0.717, 1.165) is 24.2 Å². The SMILES string of the molecule is CN1CCC[C@@H]1c1cc2nc(Cl)c(Cl)cc2o1.Cl. The number of likely N-dealkylation sites (tertiary alicyclic amines) is 1. The maximum atomic E-state index is 5.92. The third-order valence-electron chi connectivity index (χ3n) is 3.28. The first-order valence-corrected chi connectivity index (χ1v) is 6.36. The Kier molecular flexibility index (Phi) is 4.07. The second kappa shape index (κ2) is 5.25. The molecule has 0 N–H and O–H groups in total. The van der Waals surface area contributed by atoms with Gasteiger partial charge in [-0.25, -0.2) is 4.98 Å². The second-order valence-electron chi connectivity index (χ2n) is 4.43. The molecule has 3 rings (SSSR count). The van der Waals surface area contributed by atoms with E-state index in [1.807, 2.05) is 6.07 Å². The van der Waals surface area contributed by atoms with Crippen LogP contribution in [0, 0.1) is 0 Å². The third-order valence-corrected chi connectivity index (χ3v) is 3.95. The van der Waals surface area contributed by atoms with Crippen LogP contribution in [0.4, 0.5) is 0 Å². The van der Waals surface area contributed by atoms with Crippen molar-refractivity contribution in [1.82, 2.24) is 9.88 Å². The van der Waals surface area contributed by atoms with Crippen molar-refractivity contribution in [3.8, 4) is 0 Å². The van der Waals surface area contributed by atoms with Crippen LogP contribution >= 0.6 is 35.6 Å². The standard InChI is InChI=1S/C12H12Cl2N2O.ClH/c1-16-4-2-3-9(16)11-6-8-10(17-11)5-7(13)12(14)15-8;/h5-6,9H,2-4H2,1H3;1H/t9-;/m1./s1. The average Bonchev–Trinajstić information content (AvgIpc) is 2.85. The van der Waals surface area contributed by atoms with Gasteiger partial charge in [0.1, 0.15) is 16.4 Å². The van der Waals surface area contributed by atoms with Gasteiger partial charge in [-0.1, -0.05) is 23.2 Å². The molecule has 0 spiro atoms. The molecule has 1 atom stereocenters. The molecule has 3 heterocycles. The topological polar surface area (TPSA) is 29.3 Å². The molecule has 0 unspecified atom stereocenters. The minimum Gasteiger partial charge on any atom is -0.458 e. The number of halogens is 3. The first-order valence-electron chi connectivity index (χ1n) is 5.61. The highest BCUT2D eigenvalue weighted by molar-refractivity contribution is 6.41. The summed E-state index contributed by atoms with van der Waals surface area (Å²) in [5, 5.41) is 0.756. The second-order valence-corrected chi connectivity index (χ2v) is 5.20. The van der Waals surface area contributed by atoms with Crippen LogP contribution in [0.1, 0.15) is 24.6 Å². The summed E-state index contributed by atoms with van der Waals surface area (Å²) in [6.45, 7) is 1.11. The quantitative estimate of drug-likeness (QED) is 0.735. The summed E-state index contributed by atoms with van der Waals surface area (Å²) >= 11 is 11.8. The van der Waals surface area contributed by atoms with Crippen LogP contribution in [0.25, 0.3) is 11.1 Å². The third kappa shape index (κ3) is 2.32. The van der Waals surface area contributed by atoms with Crippen molar-refractivity contribution in [1.29, 1.82) is 0 Å². The molecular formula is C12H13Cl3N2O. The molecule has 0 amide bonds. The summed E-state index contributed by atoms with van der Waals surface area (Å²) in [4.78, 5) is 6.51. The number of nitrogens with zero attached hydrogens (tertiary/aromatic N) is 2. The van der Waals surface area contributed by atoms with E-state index in [9.17, 15) is 0 Å². The summed E-state index contributed by atoms with van der Waals surface area (Å²) in [5.74, 6) is 0.950. The molecule has 1 fully saturated rings. The molecule has 1 aliphatic heterocycles. The van der Waals surface area contributed by atoms with Crippen LogP contribution in [0.5, 0.6) is 0 Å². The van der Waals surface area contributed by atoms with Gasteiger partial charge in [-0.3, -0.25) is 4.90 Å². The zero-order valence-corrected chi connectivity index (χ0v) is 12.1. The van der Waals surface area contributed by atoms with Gasteiger partial charge in [-0.15, -0.1) is 12.4 Å². The number of hydrogen-bond acceptors (Lipinski definition) is 3. The Hall–Kier alpha value is -0.480. The first kappa shape index (κ1) is 13.9. The van der Waals surface area contributed by atoms with Gasteiger partial charge in [0.15, 0.2) is 5.58 Å². The molecule has 0 radical (unpaired) electrons. The summed E-state index contributed by atoms with van der Waals surface area (Å²) in [5.41, 5.74) is 1.48. The number of furan rings is 1. The predicted molar refractivity (Wildman–Crippen MR) is 75.9 cm³/mol. The molecule has 0 saturated carbocycles. The highest BCUT2D eigenvalue weighted by Crippen LogP contribution is 2.35. The normalized spacial score (nSPS) is 20.3. The minimum atomic E-state index is 0. The Balaban J connectivity index is 0.00000120. The van der Waals surface area contributed by atoms with Crippen LogP contribution in [0.3, 0.4) is 0 Å². The van der Waals surface area contributed by atoms with E-state index in [-0.39, 0.29) is 12.4 Å². The van der Waals surface area contributed by atoms with E-state index >= 15 is 0 Å². The van der Waals surface area contributed by atoms with Gasteiger partial charge in [0.05, 0.1) is 11.1 Å². The Morgan fingerprint density at radius 3 is 2.83 bits per heavy atom. The fourth-order valence-electron chi connectivity index (χ4n) is 2.37. The van der Waals surface area contributed by atoms with Crippen molar-refractivity contribution in [3.05, 3.63) is 28.1 Å². The number of aromatic nitrogens is 1. The molecule has 98 valence electrons. The van der Waals surface area contributed by atoms with E-state index in [0.29, 0.717) is 21.8 Å². The maximum Gasteiger partial charge on any atom is 0.154 e. The van der Waals surface area contributed by atoms with Crippen LogP contribution in [0.15, 0.2) is 16.5 Å². The van der Waals surface area contributed by atoms with Gasteiger partial charge in [-0.05, 0) is 26.4 Å². The summed E-state index contributed by atoms with van der Waals surface area (Å²) in [7, 11) is 2.11. The predicted octanol–water partition coefficient (Wildman–Crippen LogP) is 4.32. The van der Waals surface area contributed by atoms with Crippen LogP contribution < -0.4 is 0 Å². The minimum absolute atomic E-state index is 0. The maximum absolute atomic E-state index is 5.92. The van der Waals surface area contributed by atoms with Gasteiger partial charge in [0, 0.05) is 12.1 Å². The van der Waals surface area contributed by atoms with Crippen molar-refractivity contribution >= 4 is 46.7 Å². The van der Waals surface area contributed by atoms with Crippen LogP contribution in [-0.4, -0.2) is 23.5 Å². The van der Waals surface area contributed by atoms with Crippen molar-refractivity contribution in [2.75, 3.05) is 13.6 Å². The van der Waals surface area contributed by atoms with E-state index in [2.05, 4.69) is 16.9 Å². The molecule has 2 aromatic heterocycles. The lowest BCUT2D eigenvalue weighted by atomic mass is 10.2. The lowest BCUT2D eigenvalue weighted by molar-refractivity contribution is 0.281. The van der Waals surface area contributed by atoms with E-state index < -0.39 is 0 Å². The van der Waals surface area contributed by atoms with Crippen molar-refractivity contribution < 1.29 is 4.42 Å². The number of rotatable bonds is 1. The highest BCUT2D eigenvalue weighted by atomic mass is 35.5. The number of fused-ring (bicyclic) bond motifs is 1. The van der Waals surface area contributed by atoms with Gasteiger partial charge >= 0.3 is 0 Å². The lowest BCUT2D eigenvalue weighted by Crippen LogP contribution is -2.16. The molecule has 18 heavy (non-hydrogen) atoms. The zero-order chi connectivity index (χ0) is 12.0. The van der Waals surface area contributed by atoms with Crippen molar-refractivity contribution in [2.45, 2.75) is 18.9 Å². The van der Waals surface area contributed by atoms with Crippen molar-refractivity contribution in [3.63, 3.8) is 0 Å². The molecular weight excluding hydrogens is 295 g/mol. The molecule has 3 nitrogen and oxygen atoms in total. The fraction of sp³-hybridized carbons (Fsp3) is 0.417. The Morgan fingerprint density at radius 1 is 1.39 bits per heavy atom. The zero-order valence-electron chi connectivity index (χ0n) is 9.82. The highest BCUT2D eigenvalue weighted by Gasteiger charge is 2.26. The monoisotopic (exact) mass is 306 g/mol. The number of pyridine rings is 1. The molecule has 0 bridgehead atoms. The van der Waals surface area contributed by atoms with Crippen LogP contribution in [-0.2, 0) is 0 Å². The summed E-state index contributed by atoms with van der Waals surface area (Å²) in [6.07, 6.45) is 2.32. The molecule has 6 heteroatoms. The molecule has 1 aliphatic rings. The van der Waals surface area contributed by atoms with Gasteiger partial charge in [0.25, 0.3) is 0 Å². The number of hydrogen-bond donors (Lipinski definition) is 0. The van der Waals surface area contributed by atoms with Gasteiger partial charge < -0.3 is 4.42 Å². The van der Waals surface area contributed by atoms with Gasteiger partial charge in [0.2, 0.25) is 0 Å². The molecule has 0 aromatic carbocycles. The van der Waals surface area contributed by atoms with Crippen molar-refractivity contribution in [2.24, 2.45) is 0 Å². The Morgan fingerprint density at radius 2 is 2.17 bits per heavy atom. The van der Waals surface area contributed by atoms with Gasteiger partial charge in [-0.2, -0.15) is 0 Å². The molecule has 1 saturated heterocycles. The molecule has 0 aliphatic carbocycles. The van der Waals surface area contributed by atoms with E-state index in [1.165, 1.54) is 6.42 Å². The van der Waals surface area contributed by atoms with E-state index in [4.69, 9.17) is 27.6 Å². The summed E-state index contributed by atoms with van der Waals surface area (Å²) < 4.78 is 5.81. The summed E-state index contributed by atoms with van der Waals surface area (Å²) in [6, 6.07) is 4.04. The average molecular weight is 308 g/mol. The largest absolute Gasteiger partial charge is 0.458 e. The van der Waals surface area contributed by atoms with Crippen LogP contribution in [0.2, 0.25) is 10.2 Å². The Bertz CT molecular complexity index is 531. The van der Waals surface area contributed by atoms with E-state index in [1.54, 1.807) is 6.07 Å². The first-order chi connectivity index (χ1) is 8.15. The molecule has 2 aromatic rings. The fourth-order valence-corrected chi connectivity index (χ4v) is 2.66. The lowest BCUT2D eigenvalue weighted by Gasteiger charge is -2.16. The smallest absolute Gasteiger partial charge is 0.154 e. The Labute approximate surface area is 121 Å².